The SMILES string of the molecule is Brc1ccc(Br)c2nc3c(cc12)C[C@@H]1c2nc4c(Br)ccc(Br)c4cc2C[C@H]31. The van der Waals surface area contributed by atoms with Crippen LogP contribution in [0.2, 0.25) is 0 Å². The first kappa shape index (κ1) is 18.0. The van der Waals surface area contributed by atoms with Gasteiger partial charge in [0.1, 0.15) is 0 Å². The second-order valence-corrected chi connectivity index (χ2v) is 11.0. The van der Waals surface area contributed by atoms with Crippen LogP contribution in [-0.4, -0.2) is 9.97 Å². The van der Waals surface area contributed by atoms with E-state index in [0.29, 0.717) is 11.8 Å². The molecular formula is C22H12Br4N2. The molecule has 2 atom stereocenters. The number of hydrogen-bond donors (Lipinski definition) is 0. The second-order valence-electron chi connectivity index (χ2n) is 7.54. The molecule has 6 heteroatoms. The van der Waals surface area contributed by atoms with E-state index in [4.69, 9.17) is 9.97 Å². The molecule has 28 heavy (non-hydrogen) atoms. The van der Waals surface area contributed by atoms with Gasteiger partial charge >= 0.3 is 0 Å². The normalized spacial score (nSPS) is 19.9. The molecule has 6 rings (SSSR count). The molecule has 0 aliphatic heterocycles. The van der Waals surface area contributed by atoms with Crippen molar-refractivity contribution >= 4 is 85.5 Å². The Morgan fingerprint density at radius 1 is 0.607 bits per heavy atom. The van der Waals surface area contributed by atoms with Crippen molar-refractivity contribution in [3.05, 3.63) is 76.8 Å². The van der Waals surface area contributed by atoms with Crippen LogP contribution in [0.4, 0.5) is 0 Å². The van der Waals surface area contributed by atoms with Crippen molar-refractivity contribution in [2.75, 3.05) is 0 Å². The summed E-state index contributed by atoms with van der Waals surface area (Å²) in [4.78, 5) is 10.2. The van der Waals surface area contributed by atoms with Crippen LogP contribution in [-0.2, 0) is 12.8 Å². The number of nitrogens with zero attached hydrogens (tertiary/aromatic N) is 2. The van der Waals surface area contributed by atoms with E-state index in [1.165, 1.54) is 33.3 Å². The molecule has 2 nitrogen and oxygen atoms in total. The number of fused-ring (bicyclic) bond motifs is 7. The van der Waals surface area contributed by atoms with E-state index in [-0.39, 0.29) is 0 Å². The fourth-order valence-corrected chi connectivity index (χ4v) is 6.54. The lowest BCUT2D eigenvalue weighted by atomic mass is 9.98. The third-order valence-corrected chi connectivity index (χ3v) is 8.72. The number of rotatable bonds is 0. The predicted octanol–water partition coefficient (Wildman–Crippen LogP) is 7.81. The summed E-state index contributed by atoms with van der Waals surface area (Å²) in [6, 6.07) is 12.9. The van der Waals surface area contributed by atoms with Crippen LogP contribution in [0.15, 0.2) is 54.3 Å². The molecule has 2 aromatic heterocycles. The van der Waals surface area contributed by atoms with E-state index in [2.05, 4.69) is 100 Å². The van der Waals surface area contributed by atoms with Crippen molar-refractivity contribution in [2.24, 2.45) is 0 Å². The maximum absolute atomic E-state index is 5.12. The van der Waals surface area contributed by atoms with E-state index < -0.39 is 0 Å². The smallest absolute Gasteiger partial charge is 0.0858 e. The summed E-state index contributed by atoms with van der Waals surface area (Å²) >= 11 is 14.7. The van der Waals surface area contributed by atoms with Crippen LogP contribution in [0.25, 0.3) is 21.8 Å². The highest BCUT2D eigenvalue weighted by Crippen LogP contribution is 2.52. The van der Waals surface area contributed by atoms with Crippen molar-refractivity contribution in [3.8, 4) is 0 Å². The van der Waals surface area contributed by atoms with Gasteiger partial charge in [-0.25, -0.2) is 0 Å². The van der Waals surface area contributed by atoms with Crippen LogP contribution >= 0.6 is 63.7 Å². The van der Waals surface area contributed by atoms with E-state index in [1.807, 2.05) is 0 Å². The van der Waals surface area contributed by atoms with Gasteiger partial charge in [0.15, 0.2) is 0 Å². The van der Waals surface area contributed by atoms with E-state index in [0.717, 1.165) is 41.8 Å². The minimum atomic E-state index is 0.419. The Labute approximate surface area is 195 Å². The Morgan fingerprint density at radius 3 is 1.43 bits per heavy atom. The Balaban J connectivity index is 1.54. The highest BCUT2D eigenvalue weighted by Gasteiger charge is 2.42. The van der Waals surface area contributed by atoms with Gasteiger partial charge in [-0.1, -0.05) is 31.9 Å². The standard InChI is InChI=1S/C22H12Br4N2/c23-15-1-3-17(25)21-13(15)7-9-5-11-12(19(9)27-21)6-10-8-14-16(24)2-4-18(26)22(14)28-20(10)11/h1-4,7-8,11-12H,5-6H2/t11-,12-/m0/s1. The number of pyridine rings is 2. The van der Waals surface area contributed by atoms with Gasteiger partial charge in [0, 0.05) is 51.9 Å². The zero-order chi connectivity index (χ0) is 19.2. The largest absolute Gasteiger partial charge is 0.251 e. The Bertz CT molecular complexity index is 1230. The zero-order valence-corrected chi connectivity index (χ0v) is 20.8. The van der Waals surface area contributed by atoms with Gasteiger partial charge in [-0.2, -0.15) is 0 Å². The van der Waals surface area contributed by atoms with Gasteiger partial charge in [-0.05, 0) is 92.2 Å². The maximum atomic E-state index is 5.12. The van der Waals surface area contributed by atoms with Crippen molar-refractivity contribution in [1.82, 2.24) is 9.97 Å². The predicted molar refractivity (Wildman–Crippen MR) is 127 cm³/mol. The van der Waals surface area contributed by atoms with Gasteiger partial charge in [-0.3, -0.25) is 9.97 Å². The summed E-state index contributed by atoms with van der Waals surface area (Å²) in [6.07, 6.45) is 2.03. The molecule has 0 fully saturated rings. The first-order valence-corrected chi connectivity index (χ1v) is 12.2. The fraction of sp³-hybridized carbons (Fsp3) is 0.182. The van der Waals surface area contributed by atoms with Gasteiger partial charge < -0.3 is 0 Å². The van der Waals surface area contributed by atoms with Gasteiger partial charge in [0.05, 0.1) is 11.0 Å². The summed E-state index contributed by atoms with van der Waals surface area (Å²) in [5.74, 6) is 0.837. The Morgan fingerprint density at radius 2 is 1.00 bits per heavy atom. The number of hydrogen-bond acceptors (Lipinski definition) is 2. The molecule has 2 heterocycles. The summed E-state index contributed by atoms with van der Waals surface area (Å²) in [6.45, 7) is 0. The molecule has 4 aromatic rings. The Hall–Kier alpha value is -0.820. The molecule has 0 saturated heterocycles. The number of aromatic nitrogens is 2. The van der Waals surface area contributed by atoms with Crippen LogP contribution in [0.5, 0.6) is 0 Å². The summed E-state index contributed by atoms with van der Waals surface area (Å²) in [5.41, 5.74) is 7.29. The molecule has 0 bridgehead atoms. The molecule has 0 N–H and O–H groups in total. The molecular weight excluding hydrogens is 612 g/mol. The van der Waals surface area contributed by atoms with Crippen molar-refractivity contribution in [3.63, 3.8) is 0 Å². The third kappa shape index (κ3) is 2.47. The van der Waals surface area contributed by atoms with Gasteiger partial charge in [0.2, 0.25) is 0 Å². The van der Waals surface area contributed by atoms with Crippen LogP contribution in [0.1, 0.15) is 34.4 Å². The molecule has 2 aliphatic rings. The summed E-state index contributed by atoms with van der Waals surface area (Å²) < 4.78 is 4.28. The zero-order valence-electron chi connectivity index (χ0n) is 14.4. The van der Waals surface area contributed by atoms with Crippen molar-refractivity contribution < 1.29 is 0 Å². The summed E-state index contributed by atoms with van der Waals surface area (Å²) in [5, 5.41) is 2.35. The Kier molecular flexibility index (Phi) is 4.07. The van der Waals surface area contributed by atoms with Crippen LogP contribution in [0.3, 0.4) is 0 Å². The van der Waals surface area contributed by atoms with Crippen molar-refractivity contribution in [2.45, 2.75) is 24.7 Å². The minimum Gasteiger partial charge on any atom is -0.251 e. The van der Waals surface area contributed by atoms with E-state index >= 15 is 0 Å². The lowest BCUT2D eigenvalue weighted by Crippen LogP contribution is -2.01. The highest BCUT2D eigenvalue weighted by molar-refractivity contribution is 9.11. The first-order valence-electron chi connectivity index (χ1n) is 9.06. The molecule has 138 valence electrons. The number of benzene rings is 2. The maximum Gasteiger partial charge on any atom is 0.0858 e. The third-order valence-electron chi connectivity index (χ3n) is 6.06. The first-order chi connectivity index (χ1) is 13.5. The van der Waals surface area contributed by atoms with Crippen LogP contribution in [0, 0.1) is 0 Å². The minimum absolute atomic E-state index is 0.419. The van der Waals surface area contributed by atoms with Crippen LogP contribution < -0.4 is 0 Å². The van der Waals surface area contributed by atoms with Gasteiger partial charge in [-0.15, -0.1) is 0 Å². The highest BCUT2D eigenvalue weighted by atomic mass is 79.9. The lowest BCUT2D eigenvalue weighted by Gasteiger charge is -2.10. The quantitative estimate of drug-likeness (QED) is 0.200. The second kappa shape index (κ2) is 6.34. The number of halogens is 4. The molecule has 0 unspecified atom stereocenters. The van der Waals surface area contributed by atoms with Crippen molar-refractivity contribution in [1.29, 1.82) is 0 Å². The molecule has 2 aromatic carbocycles. The molecule has 0 saturated carbocycles. The van der Waals surface area contributed by atoms with Gasteiger partial charge in [0.25, 0.3) is 0 Å². The average molecular weight is 624 g/mol. The van der Waals surface area contributed by atoms with E-state index in [9.17, 15) is 0 Å². The molecule has 0 radical (unpaired) electrons. The lowest BCUT2D eigenvalue weighted by molar-refractivity contribution is 0.615. The molecule has 0 amide bonds. The molecule has 2 aliphatic carbocycles. The summed E-state index contributed by atoms with van der Waals surface area (Å²) in [7, 11) is 0. The monoisotopic (exact) mass is 620 g/mol. The topological polar surface area (TPSA) is 25.8 Å². The average Bonchev–Trinajstić information content (AvgIpc) is 3.21. The fourth-order valence-electron chi connectivity index (χ4n) is 4.80. The van der Waals surface area contributed by atoms with E-state index in [1.54, 1.807) is 0 Å². The molecule has 0 spiro atoms.